The van der Waals surface area contributed by atoms with Crippen molar-refractivity contribution in [3.63, 3.8) is 0 Å². The normalized spacial score (nSPS) is 17.2. The predicted octanol–water partition coefficient (Wildman–Crippen LogP) is 0.847. The van der Waals surface area contributed by atoms with Crippen molar-refractivity contribution in [3.05, 3.63) is 40.1 Å². The summed E-state index contributed by atoms with van der Waals surface area (Å²) in [5.74, 6) is 0.503. The molecule has 21 heavy (non-hydrogen) atoms. The quantitative estimate of drug-likeness (QED) is 0.830. The van der Waals surface area contributed by atoms with E-state index in [1.54, 1.807) is 23.0 Å². The van der Waals surface area contributed by atoms with Crippen LogP contribution in [-0.4, -0.2) is 38.1 Å². The first-order valence-electron chi connectivity index (χ1n) is 7.24. The van der Waals surface area contributed by atoms with E-state index in [4.69, 9.17) is 0 Å². The first kappa shape index (κ1) is 13.9. The van der Waals surface area contributed by atoms with Gasteiger partial charge in [0, 0.05) is 19.2 Å². The van der Waals surface area contributed by atoms with Crippen molar-refractivity contribution in [2.75, 3.05) is 13.1 Å². The molecule has 0 aliphatic carbocycles. The van der Waals surface area contributed by atoms with Gasteiger partial charge in [0.05, 0.1) is 11.9 Å². The zero-order valence-corrected chi connectivity index (χ0v) is 12.1. The van der Waals surface area contributed by atoms with Crippen LogP contribution in [0.15, 0.2) is 27.8 Å². The highest BCUT2D eigenvalue weighted by Gasteiger charge is 2.21. The SMILES string of the molecule is Cc1ccc(=O)n(CC2CCN(Cc3cnon3)CC2)n1. The predicted molar refractivity (Wildman–Crippen MR) is 75.5 cm³/mol. The Balaban J connectivity index is 1.54. The summed E-state index contributed by atoms with van der Waals surface area (Å²) in [6.07, 6.45) is 3.78. The number of hydrogen-bond donors (Lipinski definition) is 0. The first-order valence-corrected chi connectivity index (χ1v) is 7.24. The molecule has 1 saturated heterocycles. The summed E-state index contributed by atoms with van der Waals surface area (Å²) in [5, 5.41) is 11.8. The minimum Gasteiger partial charge on any atom is -0.297 e. The van der Waals surface area contributed by atoms with E-state index in [9.17, 15) is 4.79 Å². The molecule has 2 aromatic rings. The number of aryl methyl sites for hydroxylation is 1. The second-order valence-electron chi connectivity index (χ2n) is 5.61. The maximum absolute atomic E-state index is 11.8. The van der Waals surface area contributed by atoms with E-state index in [1.807, 2.05) is 6.92 Å². The van der Waals surface area contributed by atoms with Crippen molar-refractivity contribution in [1.82, 2.24) is 25.0 Å². The molecule has 3 rings (SSSR count). The standard InChI is InChI=1S/C14H19N5O2/c1-11-2-3-14(20)19(16-11)9-12-4-6-18(7-5-12)10-13-8-15-21-17-13/h2-3,8,12H,4-7,9-10H2,1H3. The van der Waals surface area contributed by atoms with E-state index in [0.717, 1.165) is 43.9 Å². The van der Waals surface area contributed by atoms with Gasteiger partial charge in [-0.05, 0) is 44.8 Å². The summed E-state index contributed by atoms with van der Waals surface area (Å²) in [6, 6.07) is 3.35. The Morgan fingerprint density at radius 3 is 2.86 bits per heavy atom. The van der Waals surface area contributed by atoms with Gasteiger partial charge in [-0.3, -0.25) is 9.69 Å². The number of nitrogens with zero attached hydrogens (tertiary/aromatic N) is 5. The lowest BCUT2D eigenvalue weighted by Crippen LogP contribution is -2.36. The average Bonchev–Trinajstić information content (AvgIpc) is 2.98. The monoisotopic (exact) mass is 289 g/mol. The number of hydrogen-bond acceptors (Lipinski definition) is 6. The molecule has 112 valence electrons. The largest absolute Gasteiger partial charge is 0.297 e. The maximum Gasteiger partial charge on any atom is 0.266 e. The fourth-order valence-corrected chi connectivity index (χ4v) is 2.74. The highest BCUT2D eigenvalue weighted by atomic mass is 16.6. The molecular formula is C14H19N5O2. The zero-order chi connectivity index (χ0) is 14.7. The van der Waals surface area contributed by atoms with Crippen LogP contribution < -0.4 is 5.56 Å². The lowest BCUT2D eigenvalue weighted by atomic mass is 9.97. The first-order chi connectivity index (χ1) is 10.2. The van der Waals surface area contributed by atoms with Gasteiger partial charge in [-0.25, -0.2) is 9.31 Å². The van der Waals surface area contributed by atoms with E-state index in [0.29, 0.717) is 12.5 Å². The Morgan fingerprint density at radius 2 is 2.14 bits per heavy atom. The molecule has 2 aromatic heterocycles. The molecule has 0 N–H and O–H groups in total. The van der Waals surface area contributed by atoms with Gasteiger partial charge in [0.2, 0.25) is 0 Å². The van der Waals surface area contributed by atoms with Gasteiger partial charge in [-0.1, -0.05) is 10.3 Å². The van der Waals surface area contributed by atoms with Crippen molar-refractivity contribution >= 4 is 0 Å². The van der Waals surface area contributed by atoms with Crippen LogP contribution in [0, 0.1) is 12.8 Å². The van der Waals surface area contributed by atoms with Crippen LogP contribution in [0.1, 0.15) is 24.2 Å². The molecule has 0 bridgehead atoms. The fraction of sp³-hybridized carbons (Fsp3) is 0.571. The van der Waals surface area contributed by atoms with Gasteiger partial charge in [-0.15, -0.1) is 0 Å². The summed E-state index contributed by atoms with van der Waals surface area (Å²) in [4.78, 5) is 14.1. The minimum atomic E-state index is -0.0169. The molecule has 1 fully saturated rings. The van der Waals surface area contributed by atoms with Gasteiger partial charge in [0.1, 0.15) is 5.69 Å². The summed E-state index contributed by atoms with van der Waals surface area (Å²) in [5.41, 5.74) is 1.73. The smallest absolute Gasteiger partial charge is 0.266 e. The van der Waals surface area contributed by atoms with E-state index >= 15 is 0 Å². The summed E-state index contributed by atoms with van der Waals surface area (Å²) >= 11 is 0. The molecule has 7 nitrogen and oxygen atoms in total. The highest BCUT2D eigenvalue weighted by Crippen LogP contribution is 2.19. The van der Waals surface area contributed by atoms with E-state index in [1.165, 1.54) is 0 Å². The van der Waals surface area contributed by atoms with E-state index in [2.05, 4.69) is 24.9 Å². The third-order valence-corrected chi connectivity index (χ3v) is 3.93. The molecule has 0 amide bonds. The van der Waals surface area contributed by atoms with E-state index < -0.39 is 0 Å². The van der Waals surface area contributed by atoms with Crippen molar-refractivity contribution in [2.45, 2.75) is 32.9 Å². The van der Waals surface area contributed by atoms with E-state index in [-0.39, 0.29) is 5.56 Å². The molecule has 0 radical (unpaired) electrons. The molecule has 1 aliphatic heterocycles. The second-order valence-corrected chi connectivity index (χ2v) is 5.61. The van der Waals surface area contributed by atoms with Gasteiger partial charge in [0.15, 0.2) is 0 Å². The average molecular weight is 289 g/mol. The number of likely N-dealkylation sites (tertiary alicyclic amines) is 1. The minimum absolute atomic E-state index is 0.0169. The third-order valence-electron chi connectivity index (χ3n) is 3.93. The lowest BCUT2D eigenvalue weighted by molar-refractivity contribution is 0.159. The van der Waals surface area contributed by atoms with Crippen LogP contribution in [-0.2, 0) is 13.1 Å². The molecule has 0 aromatic carbocycles. The van der Waals surface area contributed by atoms with Gasteiger partial charge in [-0.2, -0.15) is 5.10 Å². The second kappa shape index (κ2) is 6.17. The van der Waals surface area contributed by atoms with Crippen molar-refractivity contribution in [2.24, 2.45) is 5.92 Å². The molecule has 0 spiro atoms. The Labute approximate surface area is 122 Å². The summed E-state index contributed by atoms with van der Waals surface area (Å²) in [6.45, 7) is 5.39. The Kier molecular flexibility index (Phi) is 4.10. The molecule has 1 aliphatic rings. The van der Waals surface area contributed by atoms with Crippen LogP contribution in [0.2, 0.25) is 0 Å². The third kappa shape index (κ3) is 3.55. The molecule has 3 heterocycles. The summed E-state index contributed by atoms with van der Waals surface area (Å²) < 4.78 is 6.20. The molecular weight excluding hydrogens is 270 g/mol. The summed E-state index contributed by atoms with van der Waals surface area (Å²) in [7, 11) is 0. The molecule has 7 heteroatoms. The van der Waals surface area contributed by atoms with Crippen LogP contribution in [0.4, 0.5) is 0 Å². The van der Waals surface area contributed by atoms with Crippen LogP contribution in [0.5, 0.6) is 0 Å². The lowest BCUT2D eigenvalue weighted by Gasteiger charge is -2.31. The Bertz CT molecular complexity index is 629. The van der Waals surface area contributed by atoms with Gasteiger partial charge >= 0.3 is 0 Å². The maximum atomic E-state index is 11.8. The highest BCUT2D eigenvalue weighted by molar-refractivity contribution is 4.97. The number of aromatic nitrogens is 4. The number of rotatable bonds is 4. The topological polar surface area (TPSA) is 77.0 Å². The van der Waals surface area contributed by atoms with Gasteiger partial charge < -0.3 is 0 Å². The number of piperidine rings is 1. The fourth-order valence-electron chi connectivity index (χ4n) is 2.74. The Hall–Kier alpha value is -2.02. The van der Waals surface area contributed by atoms with Crippen molar-refractivity contribution in [3.8, 4) is 0 Å². The molecule has 0 atom stereocenters. The van der Waals surface area contributed by atoms with Crippen molar-refractivity contribution in [1.29, 1.82) is 0 Å². The van der Waals surface area contributed by atoms with Crippen molar-refractivity contribution < 1.29 is 4.63 Å². The zero-order valence-electron chi connectivity index (χ0n) is 12.1. The molecule has 0 saturated carbocycles. The van der Waals surface area contributed by atoms with Crippen LogP contribution >= 0.6 is 0 Å². The molecule has 0 unspecified atom stereocenters. The van der Waals surface area contributed by atoms with Crippen LogP contribution in [0.25, 0.3) is 0 Å². The van der Waals surface area contributed by atoms with Gasteiger partial charge in [0.25, 0.3) is 5.56 Å². The Morgan fingerprint density at radius 1 is 1.33 bits per heavy atom. The van der Waals surface area contributed by atoms with Crippen LogP contribution in [0.3, 0.4) is 0 Å².